The number of hydrogen-bond donors (Lipinski definition) is 3. The van der Waals surface area contributed by atoms with E-state index in [0.29, 0.717) is 33.7 Å². The second-order valence-electron chi connectivity index (χ2n) is 7.05. The van der Waals surface area contributed by atoms with E-state index >= 15 is 0 Å². The molecule has 6 nitrogen and oxygen atoms in total. The SMILES string of the molecule is O=c1[nH]c2ccccc2n1-c1cc(-c2ccccc2Oc2ccccc2)c(O)cc1O. The number of nitrogens with one attached hydrogen (secondary N) is 1. The fraction of sp³-hybridized carbons (Fsp3) is 0. The fourth-order valence-electron chi connectivity index (χ4n) is 3.65. The second kappa shape index (κ2) is 7.42. The van der Waals surface area contributed by atoms with Crippen molar-refractivity contribution in [2.45, 2.75) is 0 Å². The average molecular weight is 410 g/mol. The molecule has 0 saturated heterocycles. The van der Waals surface area contributed by atoms with Gasteiger partial charge in [0, 0.05) is 17.2 Å². The number of imidazole rings is 1. The molecule has 3 N–H and O–H groups in total. The number of para-hydroxylation sites is 4. The molecule has 5 rings (SSSR count). The minimum absolute atomic E-state index is 0.127. The van der Waals surface area contributed by atoms with Crippen LogP contribution >= 0.6 is 0 Å². The molecular formula is C25H18N2O4. The zero-order valence-electron chi connectivity index (χ0n) is 16.3. The smallest absolute Gasteiger partial charge is 0.331 e. The van der Waals surface area contributed by atoms with E-state index in [1.807, 2.05) is 60.7 Å². The molecule has 0 spiro atoms. The summed E-state index contributed by atoms with van der Waals surface area (Å²) in [5, 5.41) is 21.2. The van der Waals surface area contributed by atoms with Crippen LogP contribution in [0.5, 0.6) is 23.0 Å². The van der Waals surface area contributed by atoms with Gasteiger partial charge in [-0.25, -0.2) is 4.79 Å². The van der Waals surface area contributed by atoms with Crippen molar-refractivity contribution in [1.82, 2.24) is 9.55 Å². The first-order valence-electron chi connectivity index (χ1n) is 9.70. The van der Waals surface area contributed by atoms with Crippen LogP contribution in [-0.2, 0) is 0 Å². The van der Waals surface area contributed by atoms with E-state index in [2.05, 4.69) is 4.98 Å². The molecule has 5 aromatic rings. The van der Waals surface area contributed by atoms with Crippen molar-refractivity contribution >= 4 is 11.0 Å². The van der Waals surface area contributed by atoms with Crippen molar-refractivity contribution < 1.29 is 14.9 Å². The summed E-state index contributed by atoms with van der Waals surface area (Å²) in [6.07, 6.45) is 0. The molecule has 0 unspecified atom stereocenters. The molecule has 1 heterocycles. The summed E-state index contributed by atoms with van der Waals surface area (Å²) >= 11 is 0. The van der Waals surface area contributed by atoms with Gasteiger partial charge in [-0.3, -0.25) is 4.57 Å². The van der Waals surface area contributed by atoms with Gasteiger partial charge in [0.05, 0.1) is 16.7 Å². The van der Waals surface area contributed by atoms with Crippen LogP contribution in [0.3, 0.4) is 0 Å². The Morgan fingerprint density at radius 2 is 1.45 bits per heavy atom. The monoisotopic (exact) mass is 410 g/mol. The maximum Gasteiger partial charge on any atom is 0.331 e. The number of fused-ring (bicyclic) bond motifs is 1. The van der Waals surface area contributed by atoms with Gasteiger partial charge < -0.3 is 19.9 Å². The molecule has 0 aliphatic heterocycles. The van der Waals surface area contributed by atoms with E-state index in [9.17, 15) is 15.0 Å². The molecule has 0 aliphatic carbocycles. The summed E-state index contributed by atoms with van der Waals surface area (Å²) in [5.41, 5.74) is 2.18. The van der Waals surface area contributed by atoms with E-state index in [1.54, 1.807) is 24.3 Å². The number of nitrogens with zero attached hydrogens (tertiary/aromatic N) is 1. The van der Waals surface area contributed by atoms with E-state index in [4.69, 9.17) is 4.74 Å². The highest BCUT2D eigenvalue weighted by Gasteiger charge is 2.18. The van der Waals surface area contributed by atoms with Crippen LogP contribution in [0.2, 0.25) is 0 Å². The molecule has 4 aromatic carbocycles. The third-order valence-electron chi connectivity index (χ3n) is 5.07. The Bertz CT molecular complexity index is 1450. The standard InChI is InChI=1S/C25H18N2O4/c28-22-15-23(29)21(27-20-12-6-5-11-19(20)26-25(27)30)14-18(22)17-10-4-7-13-24(17)31-16-8-2-1-3-9-16/h1-15,28-29H,(H,26,30). The van der Waals surface area contributed by atoms with Crippen molar-refractivity contribution in [3.05, 3.63) is 101 Å². The van der Waals surface area contributed by atoms with Gasteiger partial charge in [-0.15, -0.1) is 0 Å². The van der Waals surface area contributed by atoms with Crippen LogP contribution in [0.4, 0.5) is 0 Å². The van der Waals surface area contributed by atoms with Crippen molar-refractivity contribution in [3.63, 3.8) is 0 Å². The van der Waals surface area contributed by atoms with Crippen molar-refractivity contribution in [1.29, 1.82) is 0 Å². The van der Waals surface area contributed by atoms with Crippen LogP contribution in [0, 0.1) is 0 Å². The molecule has 31 heavy (non-hydrogen) atoms. The van der Waals surface area contributed by atoms with Gasteiger partial charge in [0.2, 0.25) is 0 Å². The lowest BCUT2D eigenvalue weighted by Gasteiger charge is -2.15. The highest BCUT2D eigenvalue weighted by Crippen LogP contribution is 2.41. The van der Waals surface area contributed by atoms with Crippen LogP contribution in [-0.4, -0.2) is 19.8 Å². The number of ether oxygens (including phenoxy) is 1. The number of aromatic amines is 1. The average Bonchev–Trinajstić information content (AvgIpc) is 3.11. The lowest BCUT2D eigenvalue weighted by Crippen LogP contribution is -2.14. The highest BCUT2D eigenvalue weighted by atomic mass is 16.5. The maximum atomic E-state index is 12.6. The number of H-pyrrole nitrogens is 1. The normalized spacial score (nSPS) is 11.0. The van der Waals surface area contributed by atoms with Crippen molar-refractivity contribution in [3.8, 4) is 39.8 Å². The molecule has 0 bridgehead atoms. The van der Waals surface area contributed by atoms with Gasteiger partial charge in [-0.2, -0.15) is 0 Å². The number of rotatable bonds is 4. The molecule has 0 radical (unpaired) electrons. The zero-order chi connectivity index (χ0) is 21.4. The number of hydrogen-bond acceptors (Lipinski definition) is 4. The molecule has 6 heteroatoms. The Kier molecular flexibility index (Phi) is 4.45. The Morgan fingerprint density at radius 1 is 0.742 bits per heavy atom. The number of phenols is 2. The first-order chi connectivity index (χ1) is 15.1. The Labute approximate surface area is 177 Å². The second-order valence-corrected chi connectivity index (χ2v) is 7.05. The van der Waals surface area contributed by atoms with Crippen LogP contribution in [0.1, 0.15) is 0 Å². The highest BCUT2D eigenvalue weighted by molar-refractivity contribution is 5.82. The number of benzene rings is 4. The number of aromatic nitrogens is 2. The molecule has 0 aliphatic rings. The van der Waals surface area contributed by atoms with Crippen LogP contribution in [0.25, 0.3) is 27.8 Å². The topological polar surface area (TPSA) is 87.5 Å². The van der Waals surface area contributed by atoms with Gasteiger partial charge in [-0.1, -0.05) is 48.5 Å². The van der Waals surface area contributed by atoms with E-state index < -0.39 is 0 Å². The zero-order valence-corrected chi connectivity index (χ0v) is 16.3. The molecule has 0 amide bonds. The largest absolute Gasteiger partial charge is 0.507 e. The van der Waals surface area contributed by atoms with Gasteiger partial charge in [0.15, 0.2) is 0 Å². The molecule has 0 saturated carbocycles. The van der Waals surface area contributed by atoms with Crippen LogP contribution in [0.15, 0.2) is 95.8 Å². The molecule has 0 fully saturated rings. The summed E-state index contributed by atoms with van der Waals surface area (Å²) < 4.78 is 7.41. The summed E-state index contributed by atoms with van der Waals surface area (Å²) in [7, 11) is 0. The third-order valence-corrected chi connectivity index (χ3v) is 5.07. The Hall–Kier alpha value is -4.45. The molecule has 0 atom stereocenters. The lowest BCUT2D eigenvalue weighted by molar-refractivity contribution is 0.449. The molecule has 1 aromatic heterocycles. The van der Waals surface area contributed by atoms with E-state index in [-0.39, 0.29) is 22.9 Å². The minimum Gasteiger partial charge on any atom is -0.507 e. The van der Waals surface area contributed by atoms with Crippen molar-refractivity contribution in [2.24, 2.45) is 0 Å². The predicted molar refractivity (Wildman–Crippen MR) is 119 cm³/mol. The van der Waals surface area contributed by atoms with E-state index in [0.717, 1.165) is 0 Å². The maximum absolute atomic E-state index is 12.6. The first kappa shape index (κ1) is 18.6. The Balaban J connectivity index is 1.69. The van der Waals surface area contributed by atoms with Gasteiger partial charge in [-0.05, 0) is 36.4 Å². The van der Waals surface area contributed by atoms with Crippen molar-refractivity contribution in [2.75, 3.05) is 0 Å². The molecule has 152 valence electrons. The summed E-state index contributed by atoms with van der Waals surface area (Å²) in [6, 6.07) is 26.6. The van der Waals surface area contributed by atoms with Gasteiger partial charge in [0.25, 0.3) is 0 Å². The van der Waals surface area contributed by atoms with E-state index in [1.165, 1.54) is 10.6 Å². The summed E-state index contributed by atoms with van der Waals surface area (Å²) in [5.74, 6) is 0.848. The quantitative estimate of drug-likeness (QED) is 0.381. The number of phenolic OH excluding ortho intramolecular Hbond substituents is 2. The fourth-order valence-corrected chi connectivity index (χ4v) is 3.65. The van der Waals surface area contributed by atoms with Gasteiger partial charge in [0.1, 0.15) is 23.0 Å². The Morgan fingerprint density at radius 3 is 2.29 bits per heavy atom. The third kappa shape index (κ3) is 3.30. The number of aromatic hydroxyl groups is 2. The first-order valence-corrected chi connectivity index (χ1v) is 9.70. The predicted octanol–water partition coefficient (Wildman–Crippen LogP) is 5.19. The molecular weight excluding hydrogens is 392 g/mol. The van der Waals surface area contributed by atoms with Crippen LogP contribution < -0.4 is 10.4 Å². The summed E-state index contributed by atoms with van der Waals surface area (Å²) in [6.45, 7) is 0. The lowest BCUT2D eigenvalue weighted by atomic mass is 10.0. The van der Waals surface area contributed by atoms with Gasteiger partial charge >= 0.3 is 5.69 Å². The minimum atomic E-state index is -0.387. The summed E-state index contributed by atoms with van der Waals surface area (Å²) in [4.78, 5) is 15.4.